The SMILES string of the molecule is COc1cc(/C=C(/C#N)C(=O)NCc2ccccc2)ccc1OCc1ccc(Br)cc1. The minimum Gasteiger partial charge on any atom is -0.493 e. The normalized spacial score (nSPS) is 10.8. The summed E-state index contributed by atoms with van der Waals surface area (Å²) >= 11 is 3.41. The molecule has 0 bridgehead atoms. The molecule has 1 amide bonds. The summed E-state index contributed by atoms with van der Waals surface area (Å²) in [6.07, 6.45) is 1.53. The van der Waals surface area contributed by atoms with Gasteiger partial charge in [0, 0.05) is 11.0 Å². The fourth-order valence-corrected chi connectivity index (χ4v) is 3.09. The zero-order valence-corrected chi connectivity index (χ0v) is 18.6. The number of hydrogen-bond acceptors (Lipinski definition) is 4. The molecule has 3 aromatic rings. The van der Waals surface area contributed by atoms with Crippen LogP contribution < -0.4 is 14.8 Å². The van der Waals surface area contributed by atoms with E-state index in [4.69, 9.17) is 9.47 Å². The van der Waals surface area contributed by atoms with Crippen molar-refractivity contribution in [2.45, 2.75) is 13.2 Å². The number of carbonyl (C=O) groups is 1. The smallest absolute Gasteiger partial charge is 0.262 e. The average molecular weight is 477 g/mol. The molecule has 0 saturated carbocycles. The number of benzene rings is 3. The Morgan fingerprint density at radius 3 is 2.45 bits per heavy atom. The molecule has 0 aliphatic heterocycles. The molecule has 0 fully saturated rings. The van der Waals surface area contributed by atoms with Crippen molar-refractivity contribution in [3.63, 3.8) is 0 Å². The minimum absolute atomic E-state index is 0.0153. The van der Waals surface area contributed by atoms with Gasteiger partial charge in [0.05, 0.1) is 7.11 Å². The first-order valence-corrected chi connectivity index (χ1v) is 10.4. The zero-order chi connectivity index (χ0) is 22.1. The Bertz CT molecular complexity index is 1100. The van der Waals surface area contributed by atoms with Crippen molar-refractivity contribution >= 4 is 27.9 Å². The highest BCUT2D eigenvalue weighted by Gasteiger charge is 2.11. The third-order valence-corrected chi connectivity index (χ3v) is 5.00. The number of nitriles is 1. The van der Waals surface area contributed by atoms with Gasteiger partial charge in [-0.3, -0.25) is 4.79 Å². The van der Waals surface area contributed by atoms with E-state index < -0.39 is 5.91 Å². The molecule has 0 saturated heterocycles. The molecule has 0 aliphatic rings. The number of hydrogen-bond donors (Lipinski definition) is 1. The largest absolute Gasteiger partial charge is 0.493 e. The van der Waals surface area contributed by atoms with Gasteiger partial charge in [-0.25, -0.2) is 0 Å². The van der Waals surface area contributed by atoms with Gasteiger partial charge in [0.2, 0.25) is 0 Å². The first-order valence-electron chi connectivity index (χ1n) is 9.58. The van der Waals surface area contributed by atoms with Crippen molar-refractivity contribution in [2.24, 2.45) is 0 Å². The molecule has 31 heavy (non-hydrogen) atoms. The standard InChI is InChI=1S/C25H21BrN2O3/c1-30-24-14-20(9-12-23(24)31-17-19-7-10-22(26)11-8-19)13-21(15-27)25(29)28-16-18-5-3-2-4-6-18/h2-14H,16-17H2,1H3,(H,28,29)/b21-13-. The van der Waals surface area contributed by atoms with Crippen LogP contribution in [0.25, 0.3) is 6.08 Å². The summed E-state index contributed by atoms with van der Waals surface area (Å²) in [5.74, 6) is 0.670. The van der Waals surface area contributed by atoms with Gasteiger partial charge < -0.3 is 14.8 Å². The summed E-state index contributed by atoms with van der Waals surface area (Å²) in [7, 11) is 1.55. The molecule has 0 aromatic heterocycles. The summed E-state index contributed by atoms with van der Waals surface area (Å²) in [4.78, 5) is 12.4. The molecule has 3 aromatic carbocycles. The number of halogens is 1. The van der Waals surface area contributed by atoms with E-state index in [9.17, 15) is 10.1 Å². The van der Waals surface area contributed by atoms with Crippen LogP contribution in [0.4, 0.5) is 0 Å². The molecule has 0 heterocycles. The third kappa shape index (κ3) is 6.46. The molecule has 5 nitrogen and oxygen atoms in total. The predicted molar refractivity (Wildman–Crippen MR) is 123 cm³/mol. The lowest BCUT2D eigenvalue weighted by Crippen LogP contribution is -2.23. The number of carbonyl (C=O) groups excluding carboxylic acids is 1. The molecule has 156 valence electrons. The van der Waals surface area contributed by atoms with E-state index in [-0.39, 0.29) is 5.57 Å². The van der Waals surface area contributed by atoms with E-state index >= 15 is 0 Å². The Morgan fingerprint density at radius 1 is 1.03 bits per heavy atom. The molecule has 0 atom stereocenters. The van der Waals surface area contributed by atoms with Crippen molar-refractivity contribution in [3.05, 3.63) is 99.5 Å². The van der Waals surface area contributed by atoms with E-state index in [1.807, 2.05) is 60.7 Å². The molecule has 0 radical (unpaired) electrons. The van der Waals surface area contributed by atoms with E-state index in [0.717, 1.165) is 15.6 Å². The van der Waals surface area contributed by atoms with Crippen molar-refractivity contribution in [1.29, 1.82) is 5.26 Å². The topological polar surface area (TPSA) is 71.3 Å². The van der Waals surface area contributed by atoms with Crippen LogP contribution >= 0.6 is 15.9 Å². The van der Waals surface area contributed by atoms with Crippen LogP contribution in [-0.2, 0) is 17.9 Å². The summed E-state index contributed by atoms with van der Waals surface area (Å²) < 4.78 is 12.3. The van der Waals surface area contributed by atoms with Crippen molar-refractivity contribution in [3.8, 4) is 17.6 Å². The number of ether oxygens (including phenoxy) is 2. The Kier molecular flexibility index (Phi) is 7.85. The van der Waals surface area contributed by atoms with Crippen LogP contribution in [0.2, 0.25) is 0 Å². The number of rotatable bonds is 8. The highest BCUT2D eigenvalue weighted by molar-refractivity contribution is 9.10. The molecule has 3 rings (SSSR count). The lowest BCUT2D eigenvalue weighted by atomic mass is 10.1. The van der Waals surface area contributed by atoms with Gasteiger partial charge in [-0.2, -0.15) is 5.26 Å². The maximum atomic E-state index is 12.4. The summed E-state index contributed by atoms with van der Waals surface area (Å²) in [6.45, 7) is 0.745. The quantitative estimate of drug-likeness (QED) is 0.355. The van der Waals surface area contributed by atoms with E-state index in [1.54, 1.807) is 25.3 Å². The molecule has 0 aliphatic carbocycles. The van der Waals surface area contributed by atoms with Gasteiger partial charge in [-0.1, -0.05) is 64.5 Å². The van der Waals surface area contributed by atoms with Crippen molar-refractivity contribution < 1.29 is 14.3 Å². The number of methoxy groups -OCH3 is 1. The van der Waals surface area contributed by atoms with Gasteiger partial charge in [0.1, 0.15) is 18.2 Å². The number of nitrogens with one attached hydrogen (secondary N) is 1. The highest BCUT2D eigenvalue weighted by atomic mass is 79.9. The van der Waals surface area contributed by atoms with Gasteiger partial charge in [-0.15, -0.1) is 0 Å². The van der Waals surface area contributed by atoms with Crippen LogP contribution in [0.1, 0.15) is 16.7 Å². The Labute approximate surface area is 190 Å². The van der Waals surface area contributed by atoms with Crippen molar-refractivity contribution in [1.82, 2.24) is 5.32 Å². The molecule has 6 heteroatoms. The lowest BCUT2D eigenvalue weighted by molar-refractivity contribution is -0.117. The lowest BCUT2D eigenvalue weighted by Gasteiger charge is -2.12. The molecule has 1 N–H and O–H groups in total. The molecule has 0 spiro atoms. The van der Waals surface area contributed by atoms with Gasteiger partial charge >= 0.3 is 0 Å². The zero-order valence-electron chi connectivity index (χ0n) is 17.0. The molecule has 0 unspecified atom stereocenters. The Hall–Kier alpha value is -3.56. The highest BCUT2D eigenvalue weighted by Crippen LogP contribution is 2.30. The van der Waals surface area contributed by atoms with Gasteiger partial charge in [-0.05, 0) is 47.0 Å². The second-order valence-electron chi connectivity index (χ2n) is 6.66. The van der Waals surface area contributed by atoms with E-state index in [1.165, 1.54) is 6.08 Å². The summed E-state index contributed by atoms with van der Waals surface area (Å²) in [5, 5.41) is 12.2. The second-order valence-corrected chi connectivity index (χ2v) is 7.58. The first kappa shape index (κ1) is 22.1. The summed E-state index contributed by atoms with van der Waals surface area (Å²) in [6, 6.07) is 24.6. The monoisotopic (exact) mass is 476 g/mol. The predicted octanol–water partition coefficient (Wildman–Crippen LogP) is 5.26. The van der Waals surface area contributed by atoms with Crippen LogP contribution in [-0.4, -0.2) is 13.0 Å². The number of nitrogens with zero attached hydrogens (tertiary/aromatic N) is 1. The van der Waals surface area contributed by atoms with Gasteiger partial charge in [0.15, 0.2) is 11.5 Å². The van der Waals surface area contributed by atoms with Crippen LogP contribution in [0.5, 0.6) is 11.5 Å². The summed E-state index contributed by atoms with van der Waals surface area (Å²) in [5.41, 5.74) is 2.67. The van der Waals surface area contributed by atoms with Gasteiger partial charge in [0.25, 0.3) is 5.91 Å². The average Bonchev–Trinajstić information content (AvgIpc) is 2.81. The Morgan fingerprint density at radius 2 is 1.77 bits per heavy atom. The number of amides is 1. The second kappa shape index (κ2) is 11.0. The van der Waals surface area contributed by atoms with Crippen LogP contribution in [0.15, 0.2) is 82.8 Å². The maximum absolute atomic E-state index is 12.4. The Balaban J connectivity index is 1.69. The fraction of sp³-hybridized carbons (Fsp3) is 0.120. The van der Waals surface area contributed by atoms with E-state index in [0.29, 0.717) is 30.2 Å². The maximum Gasteiger partial charge on any atom is 0.262 e. The fourth-order valence-electron chi connectivity index (χ4n) is 2.82. The first-order chi connectivity index (χ1) is 15.1. The van der Waals surface area contributed by atoms with E-state index in [2.05, 4.69) is 21.2 Å². The van der Waals surface area contributed by atoms with Crippen LogP contribution in [0.3, 0.4) is 0 Å². The minimum atomic E-state index is -0.430. The van der Waals surface area contributed by atoms with Crippen LogP contribution in [0, 0.1) is 11.3 Å². The molecular weight excluding hydrogens is 456 g/mol. The van der Waals surface area contributed by atoms with Crippen molar-refractivity contribution in [2.75, 3.05) is 7.11 Å². The third-order valence-electron chi connectivity index (χ3n) is 4.47. The molecular formula is C25H21BrN2O3.